The SMILES string of the molecule is CCOc1ccccc1N1CC[NH+](CC(=O)N[C@]2(C)CCS(=O)(=O)C2)CC1. The van der Waals surface area contributed by atoms with Crippen molar-refractivity contribution in [2.24, 2.45) is 0 Å². The van der Waals surface area contributed by atoms with Crippen LogP contribution < -0.4 is 19.9 Å². The standard InChI is InChI=1S/C19H29N3O4S/c1-3-26-17-7-5-4-6-16(17)22-11-9-21(10-12-22)14-18(23)20-19(2)8-13-27(24,25)15-19/h4-7H,3,8-15H2,1-2H3,(H,20,23)/p+1/t19-/m1/s1. The molecule has 0 bridgehead atoms. The molecule has 0 radical (unpaired) electrons. The zero-order valence-corrected chi connectivity index (χ0v) is 17.0. The summed E-state index contributed by atoms with van der Waals surface area (Å²) >= 11 is 0. The van der Waals surface area contributed by atoms with E-state index >= 15 is 0 Å². The number of hydrogen-bond donors (Lipinski definition) is 2. The van der Waals surface area contributed by atoms with Gasteiger partial charge in [-0.05, 0) is 32.4 Å². The number of sulfone groups is 1. The van der Waals surface area contributed by atoms with E-state index in [0.29, 0.717) is 19.6 Å². The summed E-state index contributed by atoms with van der Waals surface area (Å²) in [5.41, 5.74) is 0.486. The molecule has 0 spiro atoms. The number of piperazine rings is 1. The van der Waals surface area contributed by atoms with Crippen LogP contribution in [0, 0.1) is 0 Å². The largest absolute Gasteiger partial charge is 0.492 e. The quantitative estimate of drug-likeness (QED) is 0.677. The Kier molecular flexibility index (Phi) is 5.95. The molecule has 2 saturated heterocycles. The maximum atomic E-state index is 12.4. The van der Waals surface area contributed by atoms with Gasteiger partial charge in [-0.15, -0.1) is 0 Å². The minimum Gasteiger partial charge on any atom is -0.492 e. The molecular formula is C19H30N3O4S+. The van der Waals surface area contributed by atoms with Gasteiger partial charge in [0.2, 0.25) is 0 Å². The molecule has 7 nitrogen and oxygen atoms in total. The number of para-hydroxylation sites is 2. The normalized spacial score (nSPS) is 25.3. The van der Waals surface area contributed by atoms with Crippen molar-refractivity contribution in [1.82, 2.24) is 5.32 Å². The van der Waals surface area contributed by atoms with E-state index in [-0.39, 0.29) is 17.4 Å². The van der Waals surface area contributed by atoms with Crippen LogP contribution in [0.5, 0.6) is 5.75 Å². The van der Waals surface area contributed by atoms with Crippen LogP contribution in [-0.4, -0.2) is 70.7 Å². The molecule has 2 fully saturated rings. The Morgan fingerprint density at radius 2 is 2.00 bits per heavy atom. The molecule has 0 aromatic heterocycles. The first kappa shape index (κ1) is 19.9. The van der Waals surface area contributed by atoms with Gasteiger partial charge in [0.25, 0.3) is 5.91 Å². The zero-order valence-electron chi connectivity index (χ0n) is 16.2. The molecule has 2 heterocycles. The fraction of sp³-hybridized carbons (Fsp3) is 0.632. The van der Waals surface area contributed by atoms with E-state index in [1.54, 1.807) is 0 Å². The molecule has 3 rings (SSSR count). The highest BCUT2D eigenvalue weighted by Crippen LogP contribution is 2.27. The monoisotopic (exact) mass is 396 g/mol. The van der Waals surface area contributed by atoms with Gasteiger partial charge >= 0.3 is 0 Å². The van der Waals surface area contributed by atoms with Gasteiger partial charge in [-0.25, -0.2) is 8.42 Å². The molecule has 1 atom stereocenters. The predicted octanol–water partition coefficient (Wildman–Crippen LogP) is -0.516. The van der Waals surface area contributed by atoms with Crippen LogP contribution in [0.25, 0.3) is 0 Å². The smallest absolute Gasteiger partial charge is 0.275 e. The van der Waals surface area contributed by atoms with Crippen LogP contribution in [0.3, 0.4) is 0 Å². The van der Waals surface area contributed by atoms with Gasteiger partial charge in [0.1, 0.15) is 5.75 Å². The lowest BCUT2D eigenvalue weighted by molar-refractivity contribution is -0.892. The molecule has 1 aromatic carbocycles. The van der Waals surface area contributed by atoms with Gasteiger partial charge in [0.15, 0.2) is 16.4 Å². The Morgan fingerprint density at radius 3 is 2.63 bits per heavy atom. The van der Waals surface area contributed by atoms with Crippen molar-refractivity contribution in [3.63, 3.8) is 0 Å². The molecule has 150 valence electrons. The van der Waals surface area contributed by atoms with Crippen LogP contribution >= 0.6 is 0 Å². The Balaban J connectivity index is 1.51. The third-order valence-electron chi connectivity index (χ3n) is 5.33. The van der Waals surface area contributed by atoms with Crippen molar-refractivity contribution >= 4 is 21.4 Å². The highest BCUT2D eigenvalue weighted by atomic mass is 32.2. The summed E-state index contributed by atoms with van der Waals surface area (Å²) in [6.07, 6.45) is 0.498. The predicted molar refractivity (Wildman–Crippen MR) is 105 cm³/mol. The summed E-state index contributed by atoms with van der Waals surface area (Å²) in [5, 5.41) is 2.95. The lowest BCUT2D eigenvalue weighted by atomic mass is 10.0. The van der Waals surface area contributed by atoms with E-state index in [1.807, 2.05) is 32.0 Å². The van der Waals surface area contributed by atoms with Crippen molar-refractivity contribution in [2.45, 2.75) is 25.8 Å². The lowest BCUT2D eigenvalue weighted by Crippen LogP contribution is -3.16. The number of quaternary nitrogens is 1. The second kappa shape index (κ2) is 8.06. The summed E-state index contributed by atoms with van der Waals surface area (Å²) in [6.45, 7) is 8.27. The van der Waals surface area contributed by atoms with Crippen molar-refractivity contribution in [1.29, 1.82) is 0 Å². The summed E-state index contributed by atoms with van der Waals surface area (Å²) in [6, 6.07) is 8.05. The molecule has 1 aromatic rings. The van der Waals surface area contributed by atoms with Crippen LogP contribution in [0.4, 0.5) is 5.69 Å². The van der Waals surface area contributed by atoms with Gasteiger partial charge in [-0.2, -0.15) is 0 Å². The van der Waals surface area contributed by atoms with Gasteiger partial charge in [-0.1, -0.05) is 12.1 Å². The Hall–Kier alpha value is -1.80. The molecular weight excluding hydrogens is 366 g/mol. The molecule has 0 saturated carbocycles. The Labute approximate surface area is 161 Å². The van der Waals surface area contributed by atoms with E-state index in [0.717, 1.165) is 37.6 Å². The number of carbonyl (C=O) groups excluding carboxylic acids is 1. The second-order valence-electron chi connectivity index (χ2n) is 7.77. The minimum atomic E-state index is -3.02. The van der Waals surface area contributed by atoms with Crippen LogP contribution in [0.1, 0.15) is 20.3 Å². The van der Waals surface area contributed by atoms with Crippen molar-refractivity contribution < 1.29 is 22.8 Å². The summed E-state index contributed by atoms with van der Waals surface area (Å²) in [5.74, 6) is 1.04. The van der Waals surface area contributed by atoms with Crippen molar-refractivity contribution in [3.8, 4) is 5.75 Å². The number of anilines is 1. The van der Waals surface area contributed by atoms with Crippen LogP contribution in [0.2, 0.25) is 0 Å². The van der Waals surface area contributed by atoms with Crippen molar-refractivity contribution in [3.05, 3.63) is 24.3 Å². The first-order valence-corrected chi connectivity index (χ1v) is 11.4. The average molecular weight is 397 g/mol. The Morgan fingerprint density at radius 1 is 1.30 bits per heavy atom. The van der Waals surface area contributed by atoms with Crippen LogP contribution in [-0.2, 0) is 14.6 Å². The third kappa shape index (κ3) is 5.13. The van der Waals surface area contributed by atoms with E-state index in [9.17, 15) is 13.2 Å². The van der Waals surface area contributed by atoms with Gasteiger partial charge in [0, 0.05) is 0 Å². The maximum absolute atomic E-state index is 12.4. The zero-order chi connectivity index (χ0) is 19.5. The fourth-order valence-corrected chi connectivity index (χ4v) is 6.05. The number of nitrogens with one attached hydrogen (secondary N) is 2. The second-order valence-corrected chi connectivity index (χ2v) is 9.95. The summed E-state index contributed by atoms with van der Waals surface area (Å²) in [7, 11) is -3.02. The maximum Gasteiger partial charge on any atom is 0.275 e. The number of ether oxygens (including phenoxy) is 1. The van der Waals surface area contributed by atoms with Gasteiger partial charge in [-0.3, -0.25) is 4.79 Å². The third-order valence-corrected chi connectivity index (χ3v) is 7.23. The number of hydrogen-bond acceptors (Lipinski definition) is 5. The molecule has 2 aliphatic rings. The molecule has 2 N–H and O–H groups in total. The molecule has 8 heteroatoms. The highest BCUT2D eigenvalue weighted by molar-refractivity contribution is 7.91. The molecule has 0 unspecified atom stereocenters. The molecule has 2 aliphatic heterocycles. The minimum absolute atomic E-state index is 0.0447. The van der Waals surface area contributed by atoms with Gasteiger partial charge < -0.3 is 19.9 Å². The topological polar surface area (TPSA) is 80.2 Å². The fourth-order valence-electron chi connectivity index (χ4n) is 3.95. The molecule has 0 aliphatic carbocycles. The van der Waals surface area contributed by atoms with E-state index in [2.05, 4.69) is 16.3 Å². The lowest BCUT2D eigenvalue weighted by Gasteiger charge is -2.34. The van der Waals surface area contributed by atoms with Gasteiger partial charge in [0.05, 0.1) is 55.5 Å². The van der Waals surface area contributed by atoms with E-state index in [1.165, 1.54) is 4.90 Å². The van der Waals surface area contributed by atoms with Crippen molar-refractivity contribution in [2.75, 3.05) is 55.7 Å². The first-order chi connectivity index (χ1) is 12.8. The first-order valence-electron chi connectivity index (χ1n) is 9.62. The average Bonchev–Trinajstić information content (AvgIpc) is 2.89. The molecule has 27 heavy (non-hydrogen) atoms. The number of nitrogens with zero attached hydrogens (tertiary/aromatic N) is 1. The Bertz CT molecular complexity index is 775. The van der Waals surface area contributed by atoms with E-state index < -0.39 is 15.4 Å². The summed E-state index contributed by atoms with van der Waals surface area (Å²) in [4.78, 5) is 15.9. The molecule has 1 amide bonds. The summed E-state index contributed by atoms with van der Waals surface area (Å²) < 4.78 is 29.1. The number of rotatable bonds is 6. The number of carbonyl (C=O) groups is 1. The van der Waals surface area contributed by atoms with Crippen LogP contribution in [0.15, 0.2) is 24.3 Å². The number of benzene rings is 1. The van der Waals surface area contributed by atoms with E-state index in [4.69, 9.17) is 4.74 Å². The highest BCUT2D eigenvalue weighted by Gasteiger charge is 2.40. The number of amides is 1.